The Morgan fingerprint density at radius 1 is 1.57 bits per heavy atom. The minimum absolute atomic E-state index is 0.415. The first-order valence-corrected chi connectivity index (χ1v) is 6.03. The van der Waals surface area contributed by atoms with Crippen LogP contribution in [0.1, 0.15) is 25.7 Å². The lowest BCUT2D eigenvalue weighted by Crippen LogP contribution is -2.28. The molecule has 0 saturated heterocycles. The topological polar surface area (TPSA) is 43.8 Å². The Bertz CT molecular complexity index is 297. The van der Waals surface area contributed by atoms with E-state index in [1.54, 1.807) is 0 Å². The van der Waals surface area contributed by atoms with Crippen molar-refractivity contribution in [2.45, 2.75) is 41.9 Å². The van der Waals surface area contributed by atoms with Crippen molar-refractivity contribution in [1.29, 1.82) is 0 Å². The van der Waals surface area contributed by atoms with Gasteiger partial charge in [0.05, 0.1) is 6.20 Å². The maximum atomic E-state index is 5.95. The molecule has 14 heavy (non-hydrogen) atoms. The van der Waals surface area contributed by atoms with Gasteiger partial charge in [-0.05, 0) is 19.3 Å². The number of nitrogens with zero attached hydrogens (tertiary/aromatic N) is 2. The molecule has 2 atom stereocenters. The van der Waals surface area contributed by atoms with E-state index in [4.69, 9.17) is 5.73 Å². The average molecular weight is 211 g/mol. The molecule has 78 valence electrons. The van der Waals surface area contributed by atoms with Crippen molar-refractivity contribution in [3.63, 3.8) is 0 Å². The van der Waals surface area contributed by atoms with E-state index < -0.39 is 0 Å². The van der Waals surface area contributed by atoms with E-state index in [0.717, 1.165) is 6.42 Å². The van der Waals surface area contributed by atoms with E-state index in [1.807, 2.05) is 29.7 Å². The Labute approximate surface area is 89.1 Å². The van der Waals surface area contributed by atoms with Gasteiger partial charge in [0.15, 0.2) is 0 Å². The van der Waals surface area contributed by atoms with Crippen LogP contribution in [-0.4, -0.2) is 21.1 Å². The van der Waals surface area contributed by atoms with Crippen LogP contribution in [0.15, 0.2) is 17.3 Å². The fraction of sp³-hybridized carbons (Fsp3) is 0.700. The highest BCUT2D eigenvalue weighted by Gasteiger charge is 2.20. The normalized spacial score (nSPS) is 27.9. The fourth-order valence-corrected chi connectivity index (χ4v) is 3.27. The lowest BCUT2D eigenvalue weighted by molar-refractivity contribution is 0.451. The first kappa shape index (κ1) is 10.1. The predicted octanol–water partition coefficient (Wildman–Crippen LogP) is 1.78. The van der Waals surface area contributed by atoms with Crippen molar-refractivity contribution in [1.82, 2.24) is 9.78 Å². The van der Waals surface area contributed by atoms with E-state index in [2.05, 4.69) is 11.3 Å². The molecule has 0 bridgehead atoms. The quantitative estimate of drug-likeness (QED) is 0.811. The van der Waals surface area contributed by atoms with Gasteiger partial charge in [-0.3, -0.25) is 4.68 Å². The highest BCUT2D eigenvalue weighted by atomic mass is 32.2. The SMILES string of the molecule is Cn1cc(SC2CCCC(N)C2)cn1. The summed E-state index contributed by atoms with van der Waals surface area (Å²) in [6, 6.07) is 0.415. The van der Waals surface area contributed by atoms with Crippen LogP contribution in [0.3, 0.4) is 0 Å². The minimum atomic E-state index is 0.415. The highest BCUT2D eigenvalue weighted by Crippen LogP contribution is 2.32. The first-order chi connectivity index (χ1) is 6.74. The summed E-state index contributed by atoms with van der Waals surface area (Å²) in [7, 11) is 1.96. The molecule has 1 aromatic heterocycles. The van der Waals surface area contributed by atoms with E-state index in [-0.39, 0.29) is 0 Å². The molecule has 1 aromatic rings. The van der Waals surface area contributed by atoms with Crippen LogP contribution in [0.4, 0.5) is 0 Å². The Morgan fingerprint density at radius 2 is 2.43 bits per heavy atom. The zero-order chi connectivity index (χ0) is 9.97. The number of aryl methyl sites for hydroxylation is 1. The van der Waals surface area contributed by atoms with Crippen molar-refractivity contribution in [2.75, 3.05) is 0 Å². The molecule has 4 heteroatoms. The van der Waals surface area contributed by atoms with Crippen molar-refractivity contribution < 1.29 is 0 Å². The molecule has 2 N–H and O–H groups in total. The summed E-state index contributed by atoms with van der Waals surface area (Å²) in [4.78, 5) is 1.27. The summed E-state index contributed by atoms with van der Waals surface area (Å²) in [5.74, 6) is 0. The minimum Gasteiger partial charge on any atom is -0.328 e. The molecule has 1 saturated carbocycles. The van der Waals surface area contributed by atoms with Crippen LogP contribution >= 0.6 is 11.8 Å². The van der Waals surface area contributed by atoms with Gasteiger partial charge in [-0.2, -0.15) is 5.10 Å². The van der Waals surface area contributed by atoms with Crippen LogP contribution in [0, 0.1) is 0 Å². The van der Waals surface area contributed by atoms with Gasteiger partial charge in [-0.1, -0.05) is 6.42 Å². The van der Waals surface area contributed by atoms with Crippen molar-refractivity contribution >= 4 is 11.8 Å². The number of hydrogen-bond acceptors (Lipinski definition) is 3. The van der Waals surface area contributed by atoms with Crippen LogP contribution in [0.2, 0.25) is 0 Å². The fourth-order valence-electron chi connectivity index (χ4n) is 1.94. The molecule has 0 aromatic carbocycles. The van der Waals surface area contributed by atoms with Gasteiger partial charge < -0.3 is 5.73 Å². The van der Waals surface area contributed by atoms with E-state index in [0.29, 0.717) is 11.3 Å². The molecular formula is C10H17N3S. The first-order valence-electron chi connectivity index (χ1n) is 5.15. The lowest BCUT2D eigenvalue weighted by atomic mass is 9.96. The number of rotatable bonds is 2. The summed E-state index contributed by atoms with van der Waals surface area (Å²) in [6.45, 7) is 0. The molecule has 2 unspecified atom stereocenters. The Balaban J connectivity index is 1.90. The maximum absolute atomic E-state index is 5.95. The zero-order valence-corrected chi connectivity index (χ0v) is 9.33. The molecule has 0 radical (unpaired) electrons. The zero-order valence-electron chi connectivity index (χ0n) is 8.52. The Hall–Kier alpha value is -0.480. The molecule has 0 spiro atoms. The summed E-state index contributed by atoms with van der Waals surface area (Å²) in [6.07, 6.45) is 8.94. The summed E-state index contributed by atoms with van der Waals surface area (Å²) in [5, 5.41) is 4.86. The van der Waals surface area contributed by atoms with Gasteiger partial charge in [0.2, 0.25) is 0 Å². The van der Waals surface area contributed by atoms with Crippen molar-refractivity contribution in [2.24, 2.45) is 12.8 Å². The summed E-state index contributed by atoms with van der Waals surface area (Å²) >= 11 is 1.93. The van der Waals surface area contributed by atoms with Crippen LogP contribution in [0.5, 0.6) is 0 Å². The summed E-state index contributed by atoms with van der Waals surface area (Å²) < 4.78 is 1.85. The van der Waals surface area contributed by atoms with Gasteiger partial charge in [-0.25, -0.2) is 0 Å². The molecule has 1 aliphatic rings. The van der Waals surface area contributed by atoms with Gasteiger partial charge in [0.25, 0.3) is 0 Å². The molecule has 0 amide bonds. The molecule has 1 aliphatic carbocycles. The van der Waals surface area contributed by atoms with Crippen molar-refractivity contribution in [3.8, 4) is 0 Å². The molecular weight excluding hydrogens is 194 g/mol. The largest absolute Gasteiger partial charge is 0.328 e. The van der Waals surface area contributed by atoms with Crippen LogP contribution < -0.4 is 5.73 Å². The van der Waals surface area contributed by atoms with Crippen molar-refractivity contribution in [3.05, 3.63) is 12.4 Å². The predicted molar refractivity (Wildman–Crippen MR) is 59.3 cm³/mol. The standard InChI is InChI=1S/C10H17N3S/c1-13-7-10(6-12-13)14-9-4-2-3-8(11)5-9/h6-9H,2-5,11H2,1H3. The van der Waals surface area contributed by atoms with Crippen LogP contribution in [-0.2, 0) is 7.05 Å². The third-order valence-corrected chi connectivity index (χ3v) is 3.90. The second-order valence-electron chi connectivity index (χ2n) is 4.02. The molecule has 3 nitrogen and oxygen atoms in total. The van der Waals surface area contributed by atoms with E-state index in [9.17, 15) is 0 Å². The number of hydrogen-bond donors (Lipinski definition) is 1. The lowest BCUT2D eigenvalue weighted by Gasteiger charge is -2.25. The number of aromatic nitrogens is 2. The number of thioether (sulfide) groups is 1. The molecule has 2 rings (SSSR count). The maximum Gasteiger partial charge on any atom is 0.0625 e. The average Bonchev–Trinajstić information content (AvgIpc) is 2.51. The number of nitrogens with two attached hydrogens (primary N) is 1. The third-order valence-electron chi connectivity index (χ3n) is 2.65. The van der Waals surface area contributed by atoms with E-state index >= 15 is 0 Å². The molecule has 1 heterocycles. The van der Waals surface area contributed by atoms with Gasteiger partial charge in [-0.15, -0.1) is 11.8 Å². The van der Waals surface area contributed by atoms with Gasteiger partial charge in [0.1, 0.15) is 0 Å². The third kappa shape index (κ3) is 2.51. The van der Waals surface area contributed by atoms with Gasteiger partial charge in [0, 0.05) is 29.4 Å². The Kier molecular flexibility index (Phi) is 3.13. The van der Waals surface area contributed by atoms with Crippen LogP contribution in [0.25, 0.3) is 0 Å². The summed E-state index contributed by atoms with van der Waals surface area (Å²) in [5.41, 5.74) is 5.95. The van der Waals surface area contributed by atoms with E-state index in [1.165, 1.54) is 24.2 Å². The highest BCUT2D eigenvalue weighted by molar-refractivity contribution is 8.00. The molecule has 1 fully saturated rings. The smallest absolute Gasteiger partial charge is 0.0625 e. The molecule has 0 aliphatic heterocycles. The second-order valence-corrected chi connectivity index (χ2v) is 5.39. The van der Waals surface area contributed by atoms with Gasteiger partial charge >= 0.3 is 0 Å². The monoisotopic (exact) mass is 211 g/mol. The Morgan fingerprint density at radius 3 is 3.07 bits per heavy atom. The second kappa shape index (κ2) is 4.36.